The maximum Gasteiger partial charge on any atom is 0.246 e. The minimum absolute atomic E-state index is 0.0773. The lowest BCUT2D eigenvalue weighted by molar-refractivity contribution is -0.117. The van der Waals surface area contributed by atoms with E-state index in [-0.39, 0.29) is 17.7 Å². The molecule has 4 rings (SSSR count). The molecule has 3 heterocycles. The molecule has 162 valence electrons. The number of anilines is 3. The van der Waals surface area contributed by atoms with Crippen molar-refractivity contribution in [3.8, 4) is 5.75 Å². The summed E-state index contributed by atoms with van der Waals surface area (Å²) in [5.41, 5.74) is 3.05. The highest BCUT2D eigenvalue weighted by Crippen LogP contribution is 2.32. The van der Waals surface area contributed by atoms with Crippen LogP contribution in [0.2, 0.25) is 0 Å². The average Bonchev–Trinajstić information content (AvgIpc) is 3.19. The van der Waals surface area contributed by atoms with Gasteiger partial charge in [0.15, 0.2) is 17.4 Å². The summed E-state index contributed by atoms with van der Waals surface area (Å²) in [6.07, 6.45) is 3.63. The van der Waals surface area contributed by atoms with E-state index in [1.807, 2.05) is 38.1 Å². The Morgan fingerprint density at radius 2 is 2.10 bits per heavy atom. The van der Waals surface area contributed by atoms with Crippen molar-refractivity contribution in [3.63, 3.8) is 0 Å². The maximum atomic E-state index is 13.9. The molecule has 3 aromatic rings. The number of halogens is 1. The molecule has 0 bridgehead atoms. The summed E-state index contributed by atoms with van der Waals surface area (Å²) in [5.74, 6) is 0.890. The highest BCUT2D eigenvalue weighted by atomic mass is 19.1. The third-order valence-corrected chi connectivity index (χ3v) is 5.31. The number of nitrogens with one attached hydrogen (secondary N) is 2. The minimum Gasteiger partial charge on any atom is -0.494 e. The molecule has 2 N–H and O–H groups in total. The average molecular weight is 425 g/mol. The number of aromatic nitrogens is 4. The summed E-state index contributed by atoms with van der Waals surface area (Å²) in [4.78, 5) is 22.9. The van der Waals surface area contributed by atoms with E-state index in [1.54, 1.807) is 16.9 Å². The van der Waals surface area contributed by atoms with Crippen molar-refractivity contribution in [3.05, 3.63) is 53.2 Å². The number of methoxy groups -OCH3 is 1. The standard InChI is InChI=1S/C21H24FN7O2/c1-12-18-19(28(3)13(2)20(30)26-18)27-21(25-12)23-8-15-9-24-29(11-15)10-14-5-6-17(31-4)16(22)7-14/h5-7,9,11,13H,8,10H2,1-4H3,(H,26,30)(H,23,25,27)/t13-/m0/s1. The SMILES string of the molecule is COc1ccc(Cn2cc(CNc3nc(C)c4c(n3)N(C)[C@@H](C)C(=O)N4)cn2)cc1F. The van der Waals surface area contributed by atoms with Crippen LogP contribution in [0.3, 0.4) is 0 Å². The van der Waals surface area contributed by atoms with Crippen LogP contribution in [0.5, 0.6) is 5.75 Å². The summed E-state index contributed by atoms with van der Waals surface area (Å²) in [6, 6.07) is 4.54. The predicted octanol–water partition coefficient (Wildman–Crippen LogP) is 2.57. The molecule has 31 heavy (non-hydrogen) atoms. The van der Waals surface area contributed by atoms with E-state index in [4.69, 9.17) is 4.74 Å². The van der Waals surface area contributed by atoms with Gasteiger partial charge < -0.3 is 20.3 Å². The van der Waals surface area contributed by atoms with E-state index < -0.39 is 5.82 Å². The monoisotopic (exact) mass is 425 g/mol. The fourth-order valence-corrected chi connectivity index (χ4v) is 3.39. The van der Waals surface area contributed by atoms with Gasteiger partial charge in [0.1, 0.15) is 11.7 Å². The number of carbonyl (C=O) groups excluding carboxylic acids is 1. The Balaban J connectivity index is 1.44. The van der Waals surface area contributed by atoms with E-state index in [1.165, 1.54) is 13.2 Å². The van der Waals surface area contributed by atoms with Crippen molar-refractivity contribution in [2.75, 3.05) is 29.7 Å². The van der Waals surface area contributed by atoms with Crippen LogP contribution in [-0.4, -0.2) is 45.9 Å². The highest BCUT2D eigenvalue weighted by molar-refractivity contribution is 6.03. The van der Waals surface area contributed by atoms with Crippen molar-refractivity contribution in [1.82, 2.24) is 19.7 Å². The Hall–Kier alpha value is -3.69. The van der Waals surface area contributed by atoms with Gasteiger partial charge in [-0.1, -0.05) is 6.07 Å². The van der Waals surface area contributed by atoms with Gasteiger partial charge in [0.2, 0.25) is 11.9 Å². The van der Waals surface area contributed by atoms with Crippen LogP contribution in [0.25, 0.3) is 0 Å². The number of fused-ring (bicyclic) bond motifs is 1. The first kappa shape index (κ1) is 20.6. The molecule has 0 fully saturated rings. The number of carbonyl (C=O) groups is 1. The van der Waals surface area contributed by atoms with Crippen LogP contribution < -0.4 is 20.3 Å². The Labute approximate surface area is 179 Å². The number of benzene rings is 1. The van der Waals surface area contributed by atoms with E-state index >= 15 is 0 Å². The summed E-state index contributed by atoms with van der Waals surface area (Å²) in [6.45, 7) is 4.58. The van der Waals surface area contributed by atoms with Crippen LogP contribution in [0, 0.1) is 12.7 Å². The van der Waals surface area contributed by atoms with Gasteiger partial charge in [-0.2, -0.15) is 10.1 Å². The Bertz CT molecular complexity index is 1130. The number of hydrogen-bond donors (Lipinski definition) is 2. The number of hydrogen-bond acceptors (Lipinski definition) is 7. The molecule has 0 radical (unpaired) electrons. The zero-order chi connectivity index (χ0) is 22.1. The van der Waals surface area contributed by atoms with Crippen molar-refractivity contribution in [2.45, 2.75) is 33.0 Å². The molecule has 0 saturated carbocycles. The second-order valence-electron chi connectivity index (χ2n) is 7.48. The molecule has 0 spiro atoms. The van der Waals surface area contributed by atoms with Gasteiger partial charge in [-0.05, 0) is 31.5 Å². The molecule has 0 aliphatic carbocycles. The lowest BCUT2D eigenvalue weighted by Gasteiger charge is -2.32. The fourth-order valence-electron chi connectivity index (χ4n) is 3.39. The molecule has 0 saturated heterocycles. The van der Waals surface area contributed by atoms with Crippen molar-refractivity contribution in [2.24, 2.45) is 0 Å². The first-order valence-electron chi connectivity index (χ1n) is 9.85. The van der Waals surface area contributed by atoms with Crippen LogP contribution >= 0.6 is 0 Å². The molecule has 1 amide bonds. The minimum atomic E-state index is -0.399. The second-order valence-corrected chi connectivity index (χ2v) is 7.48. The number of likely N-dealkylation sites (N-methyl/N-ethyl adjacent to an activating group) is 1. The van der Waals surface area contributed by atoms with E-state index in [9.17, 15) is 9.18 Å². The summed E-state index contributed by atoms with van der Waals surface area (Å²) in [5, 5.41) is 10.4. The normalized spacial score (nSPS) is 15.5. The van der Waals surface area contributed by atoms with Gasteiger partial charge >= 0.3 is 0 Å². The van der Waals surface area contributed by atoms with Crippen molar-refractivity contribution >= 4 is 23.4 Å². The van der Waals surface area contributed by atoms with Gasteiger partial charge in [-0.15, -0.1) is 0 Å². The van der Waals surface area contributed by atoms with Crippen LogP contribution in [-0.2, 0) is 17.9 Å². The zero-order valence-corrected chi connectivity index (χ0v) is 17.8. The number of ether oxygens (including phenoxy) is 1. The number of amides is 1. The highest BCUT2D eigenvalue weighted by Gasteiger charge is 2.30. The molecule has 1 atom stereocenters. The van der Waals surface area contributed by atoms with E-state index in [2.05, 4.69) is 25.7 Å². The van der Waals surface area contributed by atoms with Crippen molar-refractivity contribution < 1.29 is 13.9 Å². The first-order valence-corrected chi connectivity index (χ1v) is 9.85. The molecular weight excluding hydrogens is 401 g/mol. The summed E-state index contributed by atoms with van der Waals surface area (Å²) >= 11 is 0. The molecule has 9 nitrogen and oxygen atoms in total. The summed E-state index contributed by atoms with van der Waals surface area (Å²) < 4.78 is 20.6. The largest absolute Gasteiger partial charge is 0.494 e. The van der Waals surface area contributed by atoms with E-state index in [0.717, 1.165) is 11.1 Å². The van der Waals surface area contributed by atoms with Gasteiger partial charge in [-0.25, -0.2) is 9.37 Å². The second kappa shape index (κ2) is 8.21. The van der Waals surface area contributed by atoms with Crippen LogP contribution in [0.15, 0.2) is 30.6 Å². The number of aryl methyl sites for hydroxylation is 1. The number of nitrogens with zero attached hydrogens (tertiary/aromatic N) is 5. The maximum absolute atomic E-state index is 13.9. The fraction of sp³-hybridized carbons (Fsp3) is 0.333. The quantitative estimate of drug-likeness (QED) is 0.626. The molecule has 1 aromatic carbocycles. The lowest BCUT2D eigenvalue weighted by atomic mass is 10.2. The number of rotatable bonds is 6. The molecular formula is C21H24FN7O2. The smallest absolute Gasteiger partial charge is 0.246 e. The first-order chi connectivity index (χ1) is 14.9. The molecule has 1 aliphatic heterocycles. The third-order valence-electron chi connectivity index (χ3n) is 5.31. The van der Waals surface area contributed by atoms with Crippen LogP contribution in [0.1, 0.15) is 23.7 Å². The van der Waals surface area contributed by atoms with Gasteiger partial charge in [0.05, 0.1) is 25.5 Å². The van der Waals surface area contributed by atoms with Gasteiger partial charge in [0, 0.05) is 25.4 Å². The van der Waals surface area contributed by atoms with Crippen LogP contribution in [0.4, 0.5) is 21.8 Å². The zero-order valence-electron chi connectivity index (χ0n) is 17.8. The molecule has 1 aliphatic rings. The molecule has 10 heteroatoms. The van der Waals surface area contributed by atoms with Crippen molar-refractivity contribution in [1.29, 1.82) is 0 Å². The van der Waals surface area contributed by atoms with E-state index in [0.29, 0.717) is 36.2 Å². The predicted molar refractivity (Wildman–Crippen MR) is 115 cm³/mol. The van der Waals surface area contributed by atoms with Gasteiger partial charge in [-0.3, -0.25) is 9.48 Å². The topological polar surface area (TPSA) is 97.2 Å². The Kier molecular flexibility index (Phi) is 5.45. The Morgan fingerprint density at radius 1 is 1.29 bits per heavy atom. The van der Waals surface area contributed by atoms with Gasteiger partial charge in [0.25, 0.3) is 0 Å². The molecule has 2 aromatic heterocycles. The Morgan fingerprint density at radius 3 is 2.84 bits per heavy atom. The lowest BCUT2D eigenvalue weighted by Crippen LogP contribution is -2.44. The third kappa shape index (κ3) is 4.14. The molecule has 0 unspecified atom stereocenters. The summed E-state index contributed by atoms with van der Waals surface area (Å²) in [7, 11) is 3.28.